The molecule has 0 aromatic heterocycles. The van der Waals surface area contributed by atoms with Crippen LogP contribution in [0.2, 0.25) is 0 Å². The highest BCUT2D eigenvalue weighted by Gasteiger charge is 2.25. The van der Waals surface area contributed by atoms with Gasteiger partial charge in [0.15, 0.2) is 0 Å². The monoisotopic (exact) mass is 409 g/mol. The molecule has 3 rings (SSSR count). The summed E-state index contributed by atoms with van der Waals surface area (Å²) >= 11 is 0. The smallest absolute Gasteiger partial charge is 0.329 e. The number of nitrogens with two attached hydrogens (primary N) is 1. The van der Waals surface area contributed by atoms with Crippen molar-refractivity contribution in [3.05, 3.63) is 102 Å². The van der Waals surface area contributed by atoms with E-state index in [2.05, 4.69) is 10.0 Å². The average molecular weight is 410 g/mol. The predicted octanol–water partition coefficient (Wildman–Crippen LogP) is 3.42. The third-order valence-corrected chi connectivity index (χ3v) is 5.89. The van der Waals surface area contributed by atoms with Crippen LogP contribution in [0.5, 0.6) is 0 Å². The van der Waals surface area contributed by atoms with Gasteiger partial charge >= 0.3 is 6.03 Å². The van der Waals surface area contributed by atoms with Gasteiger partial charge in [0.25, 0.3) is 10.0 Å². The van der Waals surface area contributed by atoms with Crippen molar-refractivity contribution in [3.8, 4) is 0 Å². The largest absolute Gasteiger partial charge is 0.329 e. The number of aryl methyl sites for hydroxylation is 1. The molecule has 2 atom stereocenters. The van der Waals surface area contributed by atoms with Crippen LogP contribution in [0.3, 0.4) is 0 Å². The highest BCUT2D eigenvalue weighted by molar-refractivity contribution is 7.90. The quantitative estimate of drug-likeness (QED) is 0.580. The first-order valence-electron chi connectivity index (χ1n) is 9.12. The first-order chi connectivity index (χ1) is 13.9. The van der Waals surface area contributed by atoms with E-state index in [0.717, 1.165) is 16.7 Å². The molecule has 150 valence electrons. The van der Waals surface area contributed by atoms with Gasteiger partial charge < -0.3 is 11.1 Å². The minimum absolute atomic E-state index is 0.0156. The fourth-order valence-electron chi connectivity index (χ4n) is 2.98. The van der Waals surface area contributed by atoms with E-state index in [9.17, 15) is 13.2 Å². The summed E-state index contributed by atoms with van der Waals surface area (Å²) in [7, 11) is -4.00. The van der Waals surface area contributed by atoms with E-state index < -0.39 is 28.1 Å². The van der Waals surface area contributed by atoms with Crippen LogP contribution < -0.4 is 15.8 Å². The zero-order chi connectivity index (χ0) is 20.9. The van der Waals surface area contributed by atoms with Gasteiger partial charge in [0.1, 0.15) is 0 Å². The van der Waals surface area contributed by atoms with Crippen molar-refractivity contribution in [2.75, 3.05) is 0 Å². The Balaban J connectivity index is 1.82. The minimum atomic E-state index is -4.00. The van der Waals surface area contributed by atoms with E-state index in [1.54, 1.807) is 12.1 Å². The Bertz CT molecular complexity index is 1050. The zero-order valence-corrected chi connectivity index (χ0v) is 16.8. The van der Waals surface area contributed by atoms with Crippen LogP contribution >= 0.6 is 0 Å². The van der Waals surface area contributed by atoms with Crippen molar-refractivity contribution in [1.82, 2.24) is 10.0 Å². The Labute approximate surface area is 170 Å². The number of hydrogen-bond donors (Lipinski definition) is 3. The van der Waals surface area contributed by atoms with Crippen molar-refractivity contribution in [3.63, 3.8) is 0 Å². The Hall–Kier alpha value is -3.16. The van der Waals surface area contributed by atoms with Crippen LogP contribution in [0, 0.1) is 6.92 Å². The number of sulfonamides is 1. The minimum Gasteiger partial charge on any atom is -0.329 e. The summed E-state index contributed by atoms with van der Waals surface area (Å²) in [6.07, 6.45) is 0. The number of carbonyl (C=O) groups is 1. The van der Waals surface area contributed by atoms with E-state index in [1.807, 2.05) is 67.6 Å². The highest BCUT2D eigenvalue weighted by Crippen LogP contribution is 2.26. The fourth-order valence-corrected chi connectivity index (χ4v) is 3.89. The van der Waals surface area contributed by atoms with E-state index >= 15 is 0 Å². The van der Waals surface area contributed by atoms with Gasteiger partial charge in [-0.05, 0) is 30.2 Å². The second-order valence-electron chi connectivity index (χ2n) is 6.72. The molecule has 0 heterocycles. The number of benzene rings is 3. The molecule has 0 aliphatic carbocycles. The molecule has 29 heavy (non-hydrogen) atoms. The molecule has 4 N–H and O–H groups in total. The van der Waals surface area contributed by atoms with E-state index in [0.29, 0.717) is 0 Å². The Kier molecular flexibility index (Phi) is 6.31. The van der Waals surface area contributed by atoms with Gasteiger partial charge in [-0.25, -0.2) is 17.9 Å². The van der Waals surface area contributed by atoms with Gasteiger partial charge in [-0.1, -0.05) is 78.4 Å². The van der Waals surface area contributed by atoms with Crippen molar-refractivity contribution < 1.29 is 13.2 Å². The second kappa shape index (κ2) is 8.89. The molecule has 0 saturated heterocycles. The highest BCUT2D eigenvalue weighted by atomic mass is 32.2. The Morgan fingerprint density at radius 1 is 0.828 bits per heavy atom. The zero-order valence-electron chi connectivity index (χ0n) is 15.9. The Morgan fingerprint density at radius 3 is 1.90 bits per heavy atom. The van der Waals surface area contributed by atoms with Gasteiger partial charge in [-0.2, -0.15) is 0 Å². The van der Waals surface area contributed by atoms with E-state index in [4.69, 9.17) is 5.73 Å². The maximum atomic E-state index is 12.6. The molecule has 2 amide bonds. The van der Waals surface area contributed by atoms with Crippen LogP contribution in [-0.2, 0) is 10.0 Å². The number of carbonyl (C=O) groups excluding carboxylic acids is 1. The maximum Gasteiger partial charge on any atom is 0.329 e. The molecule has 6 nitrogen and oxygen atoms in total. The number of hydrogen-bond acceptors (Lipinski definition) is 4. The molecule has 0 fully saturated rings. The predicted molar refractivity (Wildman–Crippen MR) is 113 cm³/mol. The standard InChI is InChI=1S/C22H23N3O3S/c1-16-12-14-19(15-13-16)29(27,28)25-22(26)24-21(18-10-6-3-7-11-18)20(23)17-8-4-2-5-9-17/h2-15,20-21H,23H2,1H3,(H2,24,25,26)/t20-,21+/m0/s1. The lowest BCUT2D eigenvalue weighted by Gasteiger charge is -2.26. The summed E-state index contributed by atoms with van der Waals surface area (Å²) in [6, 6.07) is 22.8. The van der Waals surface area contributed by atoms with Gasteiger partial charge in [-0.15, -0.1) is 0 Å². The molecule has 7 heteroatoms. The van der Waals surface area contributed by atoms with Crippen LogP contribution in [0.1, 0.15) is 28.8 Å². The number of amides is 2. The molecule has 0 saturated carbocycles. The molecule has 3 aromatic carbocycles. The summed E-state index contributed by atoms with van der Waals surface area (Å²) in [4.78, 5) is 12.6. The summed E-state index contributed by atoms with van der Waals surface area (Å²) in [5.74, 6) is 0. The van der Waals surface area contributed by atoms with Crippen molar-refractivity contribution in [2.24, 2.45) is 5.73 Å². The average Bonchev–Trinajstić information content (AvgIpc) is 2.73. The fraction of sp³-hybridized carbons (Fsp3) is 0.136. The molecular formula is C22H23N3O3S. The van der Waals surface area contributed by atoms with Crippen LogP contribution in [0.4, 0.5) is 4.79 Å². The Morgan fingerprint density at radius 2 is 1.34 bits per heavy atom. The number of nitrogens with one attached hydrogen (secondary N) is 2. The van der Waals surface area contributed by atoms with Gasteiger partial charge in [0.2, 0.25) is 0 Å². The van der Waals surface area contributed by atoms with Crippen molar-refractivity contribution in [1.29, 1.82) is 0 Å². The second-order valence-corrected chi connectivity index (χ2v) is 8.40. The molecule has 3 aromatic rings. The first-order valence-corrected chi connectivity index (χ1v) is 10.6. The van der Waals surface area contributed by atoms with E-state index in [-0.39, 0.29) is 4.90 Å². The molecular weight excluding hydrogens is 386 g/mol. The summed E-state index contributed by atoms with van der Waals surface area (Å²) in [5.41, 5.74) is 8.93. The normalized spacial score (nSPS) is 13.3. The lowest BCUT2D eigenvalue weighted by Crippen LogP contribution is -2.44. The van der Waals surface area contributed by atoms with Crippen molar-refractivity contribution >= 4 is 16.1 Å². The van der Waals surface area contributed by atoms with Crippen LogP contribution in [0.15, 0.2) is 89.8 Å². The molecule has 0 radical (unpaired) electrons. The third-order valence-electron chi connectivity index (χ3n) is 4.55. The van der Waals surface area contributed by atoms with Crippen LogP contribution in [0.25, 0.3) is 0 Å². The molecule has 0 bridgehead atoms. The molecule has 0 aliphatic heterocycles. The third kappa shape index (κ3) is 5.22. The van der Waals surface area contributed by atoms with Gasteiger partial charge in [0.05, 0.1) is 17.0 Å². The first kappa shape index (κ1) is 20.6. The van der Waals surface area contributed by atoms with E-state index in [1.165, 1.54) is 12.1 Å². The van der Waals surface area contributed by atoms with Gasteiger partial charge in [-0.3, -0.25) is 0 Å². The molecule has 0 unspecified atom stereocenters. The SMILES string of the molecule is Cc1ccc(S(=O)(=O)NC(=O)N[C@H](c2ccccc2)[C@@H](N)c2ccccc2)cc1. The lowest BCUT2D eigenvalue weighted by atomic mass is 9.94. The number of rotatable bonds is 6. The summed E-state index contributed by atoms with van der Waals surface area (Å²) in [6.45, 7) is 1.85. The maximum absolute atomic E-state index is 12.6. The molecule has 0 spiro atoms. The van der Waals surface area contributed by atoms with Crippen molar-refractivity contribution in [2.45, 2.75) is 23.9 Å². The van der Waals surface area contributed by atoms with Crippen LogP contribution in [-0.4, -0.2) is 14.4 Å². The summed E-state index contributed by atoms with van der Waals surface area (Å²) < 4.78 is 27.1. The topological polar surface area (TPSA) is 101 Å². The lowest BCUT2D eigenvalue weighted by molar-refractivity contribution is 0.240. The summed E-state index contributed by atoms with van der Waals surface area (Å²) in [5, 5.41) is 2.71. The van der Waals surface area contributed by atoms with Gasteiger partial charge in [0, 0.05) is 0 Å². The molecule has 0 aliphatic rings. The number of urea groups is 1.